The quantitative estimate of drug-likeness (QED) is 0.686. The first-order valence-electron chi connectivity index (χ1n) is 6.81. The molecule has 1 aromatic heterocycles. The van der Waals surface area contributed by atoms with E-state index in [0.717, 1.165) is 16.5 Å². The molecule has 0 fully saturated rings. The van der Waals surface area contributed by atoms with Crippen LogP contribution in [0.25, 0.3) is 10.8 Å². The number of benzene rings is 2. The number of fused-ring (bicyclic) bond motifs is 1. The van der Waals surface area contributed by atoms with E-state index in [9.17, 15) is 4.79 Å². The number of carbonyl (C=O) groups is 1. The first kappa shape index (κ1) is 13.3. The summed E-state index contributed by atoms with van der Waals surface area (Å²) in [6.07, 6.45) is 3.50. The Morgan fingerprint density at radius 3 is 2.48 bits per heavy atom. The fourth-order valence-electron chi connectivity index (χ4n) is 2.39. The molecular formula is C18H16N2O. The van der Waals surface area contributed by atoms with Crippen molar-refractivity contribution in [2.24, 2.45) is 0 Å². The van der Waals surface area contributed by atoms with E-state index in [1.54, 1.807) is 12.4 Å². The molecule has 0 N–H and O–H groups in total. The molecule has 0 unspecified atom stereocenters. The van der Waals surface area contributed by atoms with Gasteiger partial charge in [0, 0.05) is 48.7 Å². The fraction of sp³-hybridized carbons (Fsp3) is 0.111. The van der Waals surface area contributed by atoms with E-state index >= 15 is 0 Å². The van der Waals surface area contributed by atoms with Gasteiger partial charge in [-0.15, -0.1) is 0 Å². The van der Waals surface area contributed by atoms with E-state index in [-0.39, 0.29) is 5.78 Å². The molecule has 0 radical (unpaired) electrons. The van der Waals surface area contributed by atoms with Crippen molar-refractivity contribution < 1.29 is 4.79 Å². The smallest absolute Gasteiger partial charge is 0.193 e. The molecule has 0 saturated heterocycles. The zero-order valence-corrected chi connectivity index (χ0v) is 12.1. The maximum absolute atomic E-state index is 12.7. The Hall–Kier alpha value is -2.68. The van der Waals surface area contributed by atoms with Gasteiger partial charge in [0.1, 0.15) is 0 Å². The van der Waals surface area contributed by atoms with Crippen molar-refractivity contribution in [3.63, 3.8) is 0 Å². The molecule has 3 heteroatoms. The van der Waals surface area contributed by atoms with Gasteiger partial charge in [0.15, 0.2) is 5.78 Å². The highest BCUT2D eigenvalue weighted by Crippen LogP contribution is 2.21. The lowest BCUT2D eigenvalue weighted by atomic mass is 9.98. The highest BCUT2D eigenvalue weighted by atomic mass is 16.1. The summed E-state index contributed by atoms with van der Waals surface area (Å²) in [6, 6.07) is 15.3. The van der Waals surface area contributed by atoms with Crippen molar-refractivity contribution in [1.82, 2.24) is 4.98 Å². The molecular weight excluding hydrogens is 260 g/mol. The van der Waals surface area contributed by atoms with E-state index in [0.29, 0.717) is 11.1 Å². The summed E-state index contributed by atoms with van der Waals surface area (Å²) >= 11 is 0. The van der Waals surface area contributed by atoms with Crippen LogP contribution in [0.5, 0.6) is 0 Å². The lowest BCUT2D eigenvalue weighted by Crippen LogP contribution is -2.09. The highest BCUT2D eigenvalue weighted by Gasteiger charge is 2.12. The Labute approximate surface area is 123 Å². The normalized spacial score (nSPS) is 10.6. The van der Waals surface area contributed by atoms with Gasteiger partial charge in [-0.3, -0.25) is 9.78 Å². The van der Waals surface area contributed by atoms with Crippen molar-refractivity contribution in [3.8, 4) is 0 Å². The molecule has 3 rings (SSSR count). The summed E-state index contributed by atoms with van der Waals surface area (Å²) in [7, 11) is 3.96. The predicted molar refractivity (Wildman–Crippen MR) is 85.9 cm³/mol. The Morgan fingerprint density at radius 1 is 1.00 bits per heavy atom. The molecule has 0 atom stereocenters. The maximum Gasteiger partial charge on any atom is 0.193 e. The summed E-state index contributed by atoms with van der Waals surface area (Å²) in [5.41, 5.74) is 2.49. The minimum Gasteiger partial charge on any atom is -0.378 e. The zero-order chi connectivity index (χ0) is 14.8. The number of hydrogen-bond acceptors (Lipinski definition) is 3. The van der Waals surface area contributed by atoms with Gasteiger partial charge < -0.3 is 4.90 Å². The minimum atomic E-state index is 0.0390. The van der Waals surface area contributed by atoms with Crippen LogP contribution in [0.2, 0.25) is 0 Å². The van der Waals surface area contributed by atoms with Crippen molar-refractivity contribution in [1.29, 1.82) is 0 Å². The van der Waals surface area contributed by atoms with E-state index in [2.05, 4.69) is 4.98 Å². The minimum absolute atomic E-state index is 0.0390. The number of rotatable bonds is 3. The van der Waals surface area contributed by atoms with Crippen molar-refractivity contribution in [3.05, 3.63) is 72.1 Å². The van der Waals surface area contributed by atoms with Gasteiger partial charge in [0.25, 0.3) is 0 Å². The molecule has 0 aliphatic rings. The van der Waals surface area contributed by atoms with E-state index < -0.39 is 0 Å². The molecule has 0 aliphatic carbocycles. The molecule has 0 spiro atoms. The van der Waals surface area contributed by atoms with E-state index in [1.807, 2.05) is 67.5 Å². The molecule has 0 saturated carbocycles. The first-order valence-corrected chi connectivity index (χ1v) is 6.81. The Morgan fingerprint density at radius 2 is 1.76 bits per heavy atom. The van der Waals surface area contributed by atoms with Crippen molar-refractivity contribution >= 4 is 22.2 Å². The van der Waals surface area contributed by atoms with E-state index in [1.165, 1.54) is 0 Å². The highest BCUT2D eigenvalue weighted by molar-refractivity contribution is 6.16. The number of pyridine rings is 1. The topological polar surface area (TPSA) is 33.2 Å². The maximum atomic E-state index is 12.7. The molecule has 104 valence electrons. The average molecular weight is 276 g/mol. The Kier molecular flexibility index (Phi) is 3.40. The van der Waals surface area contributed by atoms with Crippen molar-refractivity contribution in [2.75, 3.05) is 19.0 Å². The molecule has 0 aliphatic heterocycles. The third-order valence-corrected chi connectivity index (χ3v) is 3.57. The number of aromatic nitrogens is 1. The summed E-state index contributed by atoms with van der Waals surface area (Å²) in [6.45, 7) is 0. The van der Waals surface area contributed by atoms with Gasteiger partial charge in [-0.2, -0.15) is 0 Å². The molecule has 21 heavy (non-hydrogen) atoms. The standard InChI is InChI=1S/C18H16N2O/c1-20(2)15-8-6-13(7-9-15)18(21)17-5-3-4-14-12-19-11-10-16(14)17/h3-12H,1-2H3. The zero-order valence-electron chi connectivity index (χ0n) is 12.1. The fourth-order valence-corrected chi connectivity index (χ4v) is 2.39. The van der Waals surface area contributed by atoms with Gasteiger partial charge >= 0.3 is 0 Å². The van der Waals surface area contributed by atoms with Crippen LogP contribution < -0.4 is 4.90 Å². The SMILES string of the molecule is CN(C)c1ccc(C(=O)c2cccc3cnccc23)cc1. The van der Waals surface area contributed by atoms with Gasteiger partial charge in [-0.1, -0.05) is 18.2 Å². The molecule has 1 heterocycles. The second kappa shape index (κ2) is 5.37. The summed E-state index contributed by atoms with van der Waals surface area (Å²) in [5, 5.41) is 1.92. The van der Waals surface area contributed by atoms with Gasteiger partial charge in [0.05, 0.1) is 0 Å². The number of ketones is 1. The predicted octanol–water partition coefficient (Wildman–Crippen LogP) is 3.53. The molecule has 3 aromatic rings. The summed E-state index contributed by atoms with van der Waals surface area (Å²) in [5.74, 6) is 0.0390. The number of anilines is 1. The van der Waals surface area contributed by atoms with Crippen LogP contribution in [0.1, 0.15) is 15.9 Å². The third-order valence-electron chi connectivity index (χ3n) is 3.57. The van der Waals surface area contributed by atoms with E-state index in [4.69, 9.17) is 0 Å². The van der Waals surface area contributed by atoms with Gasteiger partial charge in [-0.25, -0.2) is 0 Å². The van der Waals surface area contributed by atoms with Gasteiger partial charge in [-0.05, 0) is 35.7 Å². The molecule has 0 amide bonds. The number of carbonyl (C=O) groups excluding carboxylic acids is 1. The second-order valence-corrected chi connectivity index (χ2v) is 5.17. The number of hydrogen-bond donors (Lipinski definition) is 0. The second-order valence-electron chi connectivity index (χ2n) is 5.17. The molecule has 2 aromatic carbocycles. The third kappa shape index (κ3) is 2.50. The van der Waals surface area contributed by atoms with Crippen LogP contribution in [-0.2, 0) is 0 Å². The molecule has 0 bridgehead atoms. The van der Waals surface area contributed by atoms with Crippen LogP contribution in [-0.4, -0.2) is 24.9 Å². The monoisotopic (exact) mass is 276 g/mol. The lowest BCUT2D eigenvalue weighted by Gasteiger charge is -2.12. The number of nitrogens with zero attached hydrogens (tertiary/aromatic N) is 2. The van der Waals surface area contributed by atoms with Gasteiger partial charge in [0.2, 0.25) is 0 Å². The lowest BCUT2D eigenvalue weighted by molar-refractivity contribution is 0.104. The average Bonchev–Trinajstić information content (AvgIpc) is 2.53. The Bertz CT molecular complexity index is 786. The van der Waals surface area contributed by atoms with Crippen LogP contribution in [0.4, 0.5) is 5.69 Å². The summed E-state index contributed by atoms with van der Waals surface area (Å²) in [4.78, 5) is 18.8. The van der Waals surface area contributed by atoms with Crippen LogP contribution in [0.15, 0.2) is 60.9 Å². The largest absolute Gasteiger partial charge is 0.378 e. The Balaban J connectivity index is 2.04. The first-order chi connectivity index (χ1) is 10.2. The van der Waals surface area contributed by atoms with Crippen LogP contribution in [0, 0.1) is 0 Å². The van der Waals surface area contributed by atoms with Crippen LogP contribution >= 0.6 is 0 Å². The summed E-state index contributed by atoms with van der Waals surface area (Å²) < 4.78 is 0. The molecule has 3 nitrogen and oxygen atoms in total. The van der Waals surface area contributed by atoms with Crippen LogP contribution in [0.3, 0.4) is 0 Å². The van der Waals surface area contributed by atoms with Crippen molar-refractivity contribution in [2.45, 2.75) is 0 Å².